The van der Waals surface area contributed by atoms with Gasteiger partial charge in [0.1, 0.15) is 5.60 Å². The third kappa shape index (κ3) is 4.57. The average molecular weight is 328 g/mol. The van der Waals surface area contributed by atoms with E-state index < -0.39 is 17.1 Å². The zero-order valence-corrected chi connectivity index (χ0v) is 14.5. The van der Waals surface area contributed by atoms with E-state index in [0.717, 1.165) is 19.4 Å². The minimum atomic E-state index is -0.854. The highest BCUT2D eigenvalue weighted by Crippen LogP contribution is 2.32. The van der Waals surface area contributed by atoms with Gasteiger partial charge in [0.15, 0.2) is 0 Å². The minimum absolute atomic E-state index is 0.00944. The minimum Gasteiger partial charge on any atom is -0.481 e. The summed E-state index contributed by atoms with van der Waals surface area (Å²) >= 11 is 0. The number of hydrogen-bond donors (Lipinski definition) is 1. The van der Waals surface area contributed by atoms with Gasteiger partial charge in [-0.25, -0.2) is 4.79 Å². The second kappa shape index (κ2) is 6.65. The van der Waals surface area contributed by atoms with Gasteiger partial charge in [0.2, 0.25) is 0 Å². The van der Waals surface area contributed by atoms with Crippen molar-refractivity contribution in [2.24, 2.45) is 0 Å². The SMILES string of the molecule is CN(CC1CCCO1)C1(CC(=O)O)CN(C(=O)OC(C)(C)C)C1. The molecule has 0 saturated carbocycles. The molecule has 2 aliphatic rings. The van der Waals surface area contributed by atoms with Crippen LogP contribution in [0.5, 0.6) is 0 Å². The van der Waals surface area contributed by atoms with Crippen molar-refractivity contribution in [3.8, 4) is 0 Å². The van der Waals surface area contributed by atoms with E-state index >= 15 is 0 Å². The number of likely N-dealkylation sites (N-methyl/N-ethyl adjacent to an activating group) is 1. The molecule has 2 aliphatic heterocycles. The van der Waals surface area contributed by atoms with Gasteiger partial charge in [-0.15, -0.1) is 0 Å². The van der Waals surface area contributed by atoms with Crippen molar-refractivity contribution in [2.45, 2.75) is 57.3 Å². The van der Waals surface area contributed by atoms with Crippen LogP contribution in [0.3, 0.4) is 0 Å². The Labute approximate surface area is 137 Å². The fourth-order valence-corrected chi connectivity index (χ4v) is 3.18. The Morgan fingerprint density at radius 2 is 2.04 bits per heavy atom. The molecule has 0 aromatic rings. The molecule has 1 N–H and O–H groups in total. The van der Waals surface area contributed by atoms with Gasteiger partial charge in [0, 0.05) is 26.2 Å². The van der Waals surface area contributed by atoms with Crippen LogP contribution in [0.1, 0.15) is 40.0 Å². The van der Waals surface area contributed by atoms with E-state index in [1.165, 1.54) is 0 Å². The maximum Gasteiger partial charge on any atom is 0.410 e. The third-order valence-electron chi connectivity index (χ3n) is 4.41. The maximum absolute atomic E-state index is 12.1. The van der Waals surface area contributed by atoms with Crippen LogP contribution in [0.15, 0.2) is 0 Å². The van der Waals surface area contributed by atoms with E-state index in [1.54, 1.807) is 4.90 Å². The fourth-order valence-electron chi connectivity index (χ4n) is 3.18. The molecule has 2 fully saturated rings. The van der Waals surface area contributed by atoms with Crippen LogP contribution in [0.25, 0.3) is 0 Å². The molecule has 2 saturated heterocycles. The monoisotopic (exact) mass is 328 g/mol. The molecule has 0 radical (unpaired) electrons. The van der Waals surface area contributed by atoms with Crippen LogP contribution in [-0.2, 0) is 14.3 Å². The molecule has 23 heavy (non-hydrogen) atoms. The summed E-state index contributed by atoms with van der Waals surface area (Å²) in [4.78, 5) is 27.0. The average Bonchev–Trinajstić information content (AvgIpc) is 2.83. The Balaban J connectivity index is 1.96. The van der Waals surface area contributed by atoms with Gasteiger partial charge in [-0.1, -0.05) is 0 Å². The Kier molecular flexibility index (Phi) is 5.20. The molecule has 1 amide bonds. The first-order chi connectivity index (χ1) is 10.6. The van der Waals surface area contributed by atoms with Crippen molar-refractivity contribution < 1.29 is 24.2 Å². The number of aliphatic carboxylic acids is 1. The van der Waals surface area contributed by atoms with E-state index in [4.69, 9.17) is 9.47 Å². The predicted octanol–water partition coefficient (Wildman–Crippen LogP) is 1.56. The number of carboxylic acids is 1. The quantitative estimate of drug-likeness (QED) is 0.825. The molecule has 2 heterocycles. The van der Waals surface area contributed by atoms with E-state index in [9.17, 15) is 14.7 Å². The Hall–Kier alpha value is -1.34. The smallest absolute Gasteiger partial charge is 0.410 e. The molecule has 0 aromatic heterocycles. The lowest BCUT2D eigenvalue weighted by molar-refractivity contribution is -0.145. The first kappa shape index (κ1) is 18.0. The lowest BCUT2D eigenvalue weighted by Gasteiger charge is -2.54. The zero-order valence-electron chi connectivity index (χ0n) is 14.5. The maximum atomic E-state index is 12.1. The van der Waals surface area contributed by atoms with Crippen molar-refractivity contribution >= 4 is 12.1 Å². The van der Waals surface area contributed by atoms with Gasteiger partial charge in [0.25, 0.3) is 0 Å². The van der Waals surface area contributed by atoms with Gasteiger partial charge in [-0.2, -0.15) is 0 Å². The summed E-state index contributed by atoms with van der Waals surface area (Å²) in [7, 11) is 1.91. The normalized spacial score (nSPS) is 23.7. The number of nitrogens with zero attached hydrogens (tertiary/aromatic N) is 2. The highest BCUT2D eigenvalue weighted by atomic mass is 16.6. The Morgan fingerprint density at radius 3 is 2.52 bits per heavy atom. The predicted molar refractivity (Wildman–Crippen MR) is 84.4 cm³/mol. The van der Waals surface area contributed by atoms with Crippen LogP contribution in [-0.4, -0.2) is 77.5 Å². The molecule has 1 atom stereocenters. The number of hydrogen-bond acceptors (Lipinski definition) is 5. The van der Waals surface area contributed by atoms with E-state index in [2.05, 4.69) is 0 Å². The van der Waals surface area contributed by atoms with Crippen molar-refractivity contribution in [1.29, 1.82) is 0 Å². The van der Waals surface area contributed by atoms with E-state index in [-0.39, 0.29) is 18.6 Å². The molecule has 2 rings (SSSR count). The Bertz CT molecular complexity index is 448. The summed E-state index contributed by atoms with van der Waals surface area (Å²) < 4.78 is 11.0. The number of carbonyl (C=O) groups excluding carboxylic acids is 1. The van der Waals surface area contributed by atoms with Crippen molar-refractivity contribution in [1.82, 2.24) is 9.80 Å². The number of likely N-dealkylation sites (tertiary alicyclic amines) is 1. The largest absolute Gasteiger partial charge is 0.481 e. The van der Waals surface area contributed by atoms with E-state index in [1.807, 2.05) is 32.7 Å². The number of carbonyl (C=O) groups is 2. The van der Waals surface area contributed by atoms with Crippen LogP contribution < -0.4 is 0 Å². The molecule has 1 unspecified atom stereocenters. The standard InChI is InChI=1S/C16H28N2O5/c1-15(2,3)23-14(21)18-10-16(11-18,8-13(19)20)17(4)9-12-6-5-7-22-12/h12H,5-11H2,1-4H3,(H,19,20). The van der Waals surface area contributed by atoms with Crippen molar-refractivity contribution in [3.05, 3.63) is 0 Å². The fraction of sp³-hybridized carbons (Fsp3) is 0.875. The van der Waals surface area contributed by atoms with Crippen LogP contribution in [0.2, 0.25) is 0 Å². The summed E-state index contributed by atoms with van der Waals surface area (Å²) in [6.45, 7) is 7.66. The second-order valence-electron chi connectivity index (χ2n) is 7.65. The molecule has 7 heteroatoms. The van der Waals surface area contributed by atoms with Gasteiger partial charge in [0.05, 0.1) is 18.1 Å². The molecule has 0 aliphatic carbocycles. The number of ether oxygens (including phenoxy) is 2. The number of carboxylic acid groups (broad SMARTS) is 1. The molecule has 132 valence electrons. The summed E-state index contributed by atoms with van der Waals surface area (Å²) in [5.41, 5.74) is -1.08. The van der Waals surface area contributed by atoms with Crippen molar-refractivity contribution in [2.75, 3.05) is 33.3 Å². The zero-order chi connectivity index (χ0) is 17.3. The summed E-state index contributed by atoms with van der Waals surface area (Å²) in [5.74, 6) is -0.854. The molecule has 0 aromatic carbocycles. The molecule has 0 bridgehead atoms. The highest BCUT2D eigenvalue weighted by Gasteiger charge is 2.51. The first-order valence-corrected chi connectivity index (χ1v) is 8.14. The third-order valence-corrected chi connectivity index (χ3v) is 4.41. The summed E-state index contributed by atoms with van der Waals surface area (Å²) in [6.07, 6.45) is 1.83. The van der Waals surface area contributed by atoms with Gasteiger partial charge in [-0.05, 0) is 40.7 Å². The van der Waals surface area contributed by atoms with Gasteiger partial charge >= 0.3 is 12.1 Å². The lowest BCUT2D eigenvalue weighted by atomic mass is 9.84. The molecular weight excluding hydrogens is 300 g/mol. The number of amides is 1. The van der Waals surface area contributed by atoms with Crippen molar-refractivity contribution in [3.63, 3.8) is 0 Å². The van der Waals surface area contributed by atoms with Crippen LogP contribution >= 0.6 is 0 Å². The van der Waals surface area contributed by atoms with Crippen LogP contribution in [0.4, 0.5) is 4.79 Å². The second-order valence-corrected chi connectivity index (χ2v) is 7.65. The molecule has 7 nitrogen and oxygen atoms in total. The van der Waals surface area contributed by atoms with Gasteiger partial charge < -0.3 is 19.5 Å². The first-order valence-electron chi connectivity index (χ1n) is 8.14. The topological polar surface area (TPSA) is 79.3 Å². The highest BCUT2D eigenvalue weighted by molar-refractivity contribution is 5.73. The summed E-state index contributed by atoms with van der Waals surface area (Å²) in [6, 6.07) is 0. The lowest BCUT2D eigenvalue weighted by Crippen LogP contribution is -2.72. The van der Waals surface area contributed by atoms with E-state index in [0.29, 0.717) is 19.6 Å². The number of rotatable bonds is 5. The van der Waals surface area contributed by atoms with Gasteiger partial charge in [-0.3, -0.25) is 9.69 Å². The Morgan fingerprint density at radius 1 is 1.39 bits per heavy atom. The van der Waals surface area contributed by atoms with Crippen LogP contribution in [0, 0.1) is 0 Å². The molecule has 0 spiro atoms. The summed E-state index contributed by atoms with van der Waals surface area (Å²) in [5, 5.41) is 9.24. The molecular formula is C16H28N2O5.